The molecular weight excluding hydrogens is 536 g/mol. The van der Waals surface area contributed by atoms with Crippen molar-refractivity contribution in [2.24, 2.45) is 5.92 Å². The van der Waals surface area contributed by atoms with Crippen LogP contribution >= 0.6 is 0 Å². The molecule has 1 fully saturated rings. The number of likely N-dealkylation sites (tertiary alicyclic amines) is 1. The van der Waals surface area contributed by atoms with Gasteiger partial charge in [0.25, 0.3) is 5.91 Å². The molecule has 0 spiro atoms. The number of aromatic nitrogens is 2. The number of anilines is 4. The first-order valence-corrected chi connectivity index (χ1v) is 14.6. The summed E-state index contributed by atoms with van der Waals surface area (Å²) in [4.78, 5) is 40.5. The maximum absolute atomic E-state index is 12.9. The van der Waals surface area contributed by atoms with Crippen LogP contribution < -0.4 is 25.2 Å². The Morgan fingerprint density at radius 1 is 1.17 bits per heavy atom. The topological polar surface area (TPSA) is 136 Å². The number of amides is 2. The molecule has 4 rings (SSSR count). The molecule has 1 aromatic heterocycles. The third-order valence-corrected chi connectivity index (χ3v) is 7.63. The van der Waals surface area contributed by atoms with Gasteiger partial charge >= 0.3 is 0 Å². The van der Waals surface area contributed by atoms with Crippen LogP contribution in [0.2, 0.25) is 0 Å². The van der Waals surface area contributed by atoms with E-state index in [0.717, 1.165) is 32.4 Å². The number of piperidine rings is 1. The first-order valence-electron chi connectivity index (χ1n) is 14.6. The molecule has 0 bridgehead atoms. The van der Waals surface area contributed by atoms with Crippen molar-refractivity contribution in [1.29, 1.82) is 5.41 Å². The van der Waals surface area contributed by atoms with Gasteiger partial charge in [-0.15, -0.1) is 0 Å². The Bertz CT molecular complexity index is 1280. The number of carbonyl (C=O) groups excluding carboxylic acids is 2. The molecule has 42 heavy (non-hydrogen) atoms. The summed E-state index contributed by atoms with van der Waals surface area (Å²) in [5.74, 6) is 1.69. The highest BCUT2D eigenvalue weighted by atomic mass is 16.5. The van der Waals surface area contributed by atoms with Gasteiger partial charge in [0, 0.05) is 31.6 Å². The van der Waals surface area contributed by atoms with Crippen LogP contribution in [-0.2, 0) is 9.53 Å². The maximum atomic E-state index is 12.9. The fourth-order valence-electron chi connectivity index (χ4n) is 5.33. The van der Waals surface area contributed by atoms with E-state index in [1.807, 2.05) is 11.8 Å². The molecule has 3 N–H and O–H groups in total. The lowest BCUT2D eigenvalue weighted by molar-refractivity contribution is -0.118. The molecule has 12 nitrogen and oxygen atoms in total. The zero-order valence-corrected chi connectivity index (χ0v) is 25.6. The van der Waals surface area contributed by atoms with Gasteiger partial charge in [0.1, 0.15) is 11.4 Å². The summed E-state index contributed by atoms with van der Waals surface area (Å²) in [6.45, 7) is 8.70. The first kappa shape index (κ1) is 31.0. The number of ether oxygens (including phenoxy) is 2. The molecule has 3 heterocycles. The first-order chi connectivity index (χ1) is 20.0. The van der Waals surface area contributed by atoms with Crippen molar-refractivity contribution in [1.82, 2.24) is 20.2 Å². The van der Waals surface area contributed by atoms with Crippen LogP contribution in [0.15, 0.2) is 24.4 Å². The molecule has 228 valence electrons. The van der Waals surface area contributed by atoms with E-state index < -0.39 is 0 Å². The highest BCUT2D eigenvalue weighted by Gasteiger charge is 2.28. The number of fused-ring (bicyclic) bond motifs is 1. The zero-order chi connectivity index (χ0) is 30.4. The monoisotopic (exact) mass is 580 g/mol. The normalized spacial score (nSPS) is 17.0. The van der Waals surface area contributed by atoms with Gasteiger partial charge in [-0.05, 0) is 70.4 Å². The summed E-state index contributed by atoms with van der Waals surface area (Å²) in [6, 6.07) is 5.37. The average molecular weight is 581 g/mol. The Hall–Kier alpha value is -3.93. The Morgan fingerprint density at radius 3 is 2.60 bits per heavy atom. The van der Waals surface area contributed by atoms with Crippen LogP contribution in [0, 0.1) is 11.3 Å². The zero-order valence-electron chi connectivity index (χ0n) is 25.6. The molecule has 2 amide bonds. The fraction of sp³-hybridized carbons (Fsp3) is 0.567. The molecule has 2 aliphatic heterocycles. The van der Waals surface area contributed by atoms with Gasteiger partial charge in [-0.2, -0.15) is 4.98 Å². The van der Waals surface area contributed by atoms with Gasteiger partial charge in [0.15, 0.2) is 5.82 Å². The minimum Gasteiger partial charge on any atom is -0.495 e. The van der Waals surface area contributed by atoms with E-state index in [1.165, 1.54) is 0 Å². The standard InChI is InChI=1S/C30H44N8O4/c1-19(2)15-20(3)42-26(31)18-38-14-11-27(39)37(5)24-17-32-30(35-28(24)38)34-23-8-7-21(16-25(23)41-6)29(40)33-22-9-12-36(4)13-10-22/h7-8,16-17,19-20,22,31H,9-15,18H2,1-6H3,(H,33,40)(H,32,34,35). The van der Waals surface area contributed by atoms with Crippen molar-refractivity contribution in [3.8, 4) is 5.75 Å². The molecule has 2 aliphatic rings. The molecule has 0 aliphatic carbocycles. The summed E-state index contributed by atoms with van der Waals surface area (Å²) in [7, 11) is 5.34. The van der Waals surface area contributed by atoms with Crippen LogP contribution in [0.25, 0.3) is 0 Å². The van der Waals surface area contributed by atoms with Crippen molar-refractivity contribution in [2.45, 2.75) is 58.6 Å². The predicted molar refractivity (Wildman–Crippen MR) is 164 cm³/mol. The quantitative estimate of drug-likeness (QED) is 0.284. The smallest absolute Gasteiger partial charge is 0.251 e. The number of rotatable bonds is 10. The molecule has 0 radical (unpaired) electrons. The summed E-state index contributed by atoms with van der Waals surface area (Å²) in [6.07, 6.45) is 4.49. The minimum absolute atomic E-state index is 0.0561. The molecule has 1 aromatic carbocycles. The molecule has 1 unspecified atom stereocenters. The molecule has 12 heteroatoms. The minimum atomic E-state index is -0.133. The van der Waals surface area contributed by atoms with E-state index in [-0.39, 0.29) is 42.8 Å². The van der Waals surface area contributed by atoms with Gasteiger partial charge in [-0.3, -0.25) is 15.0 Å². The van der Waals surface area contributed by atoms with Gasteiger partial charge in [0.2, 0.25) is 17.8 Å². The van der Waals surface area contributed by atoms with Crippen molar-refractivity contribution >= 4 is 40.9 Å². The number of methoxy groups -OCH3 is 1. The van der Waals surface area contributed by atoms with Gasteiger partial charge < -0.3 is 34.8 Å². The number of nitrogens with one attached hydrogen (secondary N) is 3. The highest BCUT2D eigenvalue weighted by Crippen LogP contribution is 2.33. The van der Waals surface area contributed by atoms with E-state index in [1.54, 1.807) is 43.5 Å². The van der Waals surface area contributed by atoms with E-state index in [9.17, 15) is 9.59 Å². The molecule has 1 saturated heterocycles. The largest absolute Gasteiger partial charge is 0.495 e. The Balaban J connectivity index is 1.51. The van der Waals surface area contributed by atoms with E-state index in [0.29, 0.717) is 46.9 Å². The Kier molecular flexibility index (Phi) is 10.2. The molecule has 1 atom stereocenters. The second kappa shape index (κ2) is 13.8. The van der Waals surface area contributed by atoms with E-state index in [2.05, 4.69) is 41.4 Å². The summed E-state index contributed by atoms with van der Waals surface area (Å²) >= 11 is 0. The lowest BCUT2D eigenvalue weighted by atomic mass is 10.0. The predicted octanol–water partition coefficient (Wildman–Crippen LogP) is 3.65. The average Bonchev–Trinajstić information content (AvgIpc) is 3.05. The van der Waals surface area contributed by atoms with Crippen molar-refractivity contribution in [3.05, 3.63) is 30.0 Å². The number of benzene rings is 1. The van der Waals surface area contributed by atoms with Crippen LogP contribution in [0.4, 0.5) is 23.1 Å². The van der Waals surface area contributed by atoms with Crippen LogP contribution in [-0.4, -0.2) is 92.1 Å². The SMILES string of the molecule is COc1cc(C(=O)NC2CCN(C)CC2)ccc1Nc1ncc2c(n1)N(CC(=N)OC(C)CC(C)C)CCC(=O)N2C. The van der Waals surface area contributed by atoms with Crippen molar-refractivity contribution < 1.29 is 19.1 Å². The highest BCUT2D eigenvalue weighted by molar-refractivity contribution is 5.98. The Morgan fingerprint density at radius 2 is 1.90 bits per heavy atom. The third-order valence-electron chi connectivity index (χ3n) is 7.63. The number of carbonyl (C=O) groups is 2. The van der Waals surface area contributed by atoms with E-state index in [4.69, 9.17) is 19.9 Å². The maximum Gasteiger partial charge on any atom is 0.251 e. The van der Waals surface area contributed by atoms with Gasteiger partial charge in [-0.25, -0.2) is 4.98 Å². The van der Waals surface area contributed by atoms with Crippen LogP contribution in [0.1, 0.15) is 56.8 Å². The van der Waals surface area contributed by atoms with Gasteiger partial charge in [-0.1, -0.05) is 13.8 Å². The van der Waals surface area contributed by atoms with Crippen molar-refractivity contribution in [3.63, 3.8) is 0 Å². The molecule has 2 aromatic rings. The van der Waals surface area contributed by atoms with Gasteiger partial charge in [0.05, 0.1) is 31.6 Å². The molecule has 0 saturated carbocycles. The molecular formula is C30H44N8O4. The van der Waals surface area contributed by atoms with E-state index >= 15 is 0 Å². The fourth-order valence-corrected chi connectivity index (χ4v) is 5.33. The second-order valence-corrected chi connectivity index (χ2v) is 11.6. The lowest BCUT2D eigenvalue weighted by Crippen LogP contribution is -2.43. The lowest BCUT2D eigenvalue weighted by Gasteiger charge is -2.29. The van der Waals surface area contributed by atoms with Crippen molar-refractivity contribution in [2.75, 3.05) is 62.5 Å². The number of nitrogens with zero attached hydrogens (tertiary/aromatic N) is 5. The summed E-state index contributed by atoms with van der Waals surface area (Å²) in [5.41, 5.74) is 1.66. The number of hydrogen-bond donors (Lipinski definition) is 3. The summed E-state index contributed by atoms with van der Waals surface area (Å²) in [5, 5.41) is 14.8. The second-order valence-electron chi connectivity index (χ2n) is 11.6. The summed E-state index contributed by atoms with van der Waals surface area (Å²) < 4.78 is 11.4. The third kappa shape index (κ3) is 7.87. The number of hydrogen-bond acceptors (Lipinski definition) is 10. The van der Waals surface area contributed by atoms with Crippen LogP contribution in [0.5, 0.6) is 5.75 Å². The van der Waals surface area contributed by atoms with Crippen LogP contribution in [0.3, 0.4) is 0 Å². The Labute approximate surface area is 248 Å².